The van der Waals surface area contributed by atoms with Gasteiger partial charge in [-0.3, -0.25) is 4.79 Å². The lowest BCUT2D eigenvalue weighted by atomic mass is 9.93. The van der Waals surface area contributed by atoms with E-state index in [-0.39, 0.29) is 5.82 Å². The summed E-state index contributed by atoms with van der Waals surface area (Å²) >= 11 is 1.58. The number of halogens is 1. The first kappa shape index (κ1) is 13.5. The Hall–Kier alpha value is -2.20. The van der Waals surface area contributed by atoms with Crippen LogP contribution in [0.3, 0.4) is 0 Å². The van der Waals surface area contributed by atoms with Gasteiger partial charge in [0, 0.05) is 21.2 Å². The van der Waals surface area contributed by atoms with Crippen LogP contribution in [0.2, 0.25) is 0 Å². The van der Waals surface area contributed by atoms with Crippen LogP contribution in [0.4, 0.5) is 4.39 Å². The molecule has 2 nitrogen and oxygen atoms in total. The van der Waals surface area contributed by atoms with Gasteiger partial charge >= 0.3 is 5.97 Å². The molecule has 110 valence electrons. The summed E-state index contributed by atoms with van der Waals surface area (Å²) in [5.41, 5.74) is 1.10. The Morgan fingerprint density at radius 2 is 1.91 bits per heavy atom. The zero-order valence-electron chi connectivity index (χ0n) is 11.7. The van der Waals surface area contributed by atoms with E-state index in [0.29, 0.717) is 24.0 Å². The third-order valence-electron chi connectivity index (χ3n) is 4.45. The van der Waals surface area contributed by atoms with Gasteiger partial charge < -0.3 is 5.11 Å². The molecular formula is C18H13FO2S. The summed E-state index contributed by atoms with van der Waals surface area (Å²) in [6.45, 7) is 0. The summed E-state index contributed by atoms with van der Waals surface area (Å²) in [4.78, 5) is 11.4. The van der Waals surface area contributed by atoms with E-state index in [0.717, 1.165) is 15.6 Å². The summed E-state index contributed by atoms with van der Waals surface area (Å²) in [5, 5.41) is 12.3. The zero-order valence-corrected chi connectivity index (χ0v) is 12.5. The predicted octanol–water partition coefficient (Wildman–Crippen LogP) is 4.82. The molecule has 1 heterocycles. The third-order valence-corrected chi connectivity index (χ3v) is 5.42. The minimum Gasteiger partial charge on any atom is -0.481 e. The van der Waals surface area contributed by atoms with Crippen molar-refractivity contribution in [3.8, 4) is 11.1 Å². The smallest absolute Gasteiger partial charge is 0.314 e. The number of hydrogen-bond donors (Lipinski definition) is 1. The molecule has 0 spiro atoms. The number of carboxylic acids is 1. The monoisotopic (exact) mass is 312 g/mol. The van der Waals surface area contributed by atoms with Crippen LogP contribution in [0.15, 0.2) is 47.8 Å². The van der Waals surface area contributed by atoms with Gasteiger partial charge in [-0.25, -0.2) is 4.39 Å². The highest BCUT2D eigenvalue weighted by atomic mass is 32.1. The van der Waals surface area contributed by atoms with E-state index in [2.05, 4.69) is 0 Å². The van der Waals surface area contributed by atoms with E-state index in [4.69, 9.17) is 0 Å². The van der Waals surface area contributed by atoms with Crippen molar-refractivity contribution in [2.24, 2.45) is 0 Å². The molecule has 2 aromatic carbocycles. The van der Waals surface area contributed by atoms with Crippen molar-refractivity contribution in [3.05, 3.63) is 59.2 Å². The number of fused-ring (bicyclic) bond motifs is 1. The molecule has 4 heteroatoms. The number of benzene rings is 2. The van der Waals surface area contributed by atoms with E-state index in [1.165, 1.54) is 6.07 Å². The van der Waals surface area contributed by atoms with Crippen LogP contribution in [0, 0.1) is 5.82 Å². The Morgan fingerprint density at radius 1 is 1.14 bits per heavy atom. The number of thiophene rings is 1. The number of carbonyl (C=O) groups is 1. The SMILES string of the molecule is O=C(O)C1(c2ccc(-c3csc4ccccc34)c(F)c2)CC1. The van der Waals surface area contributed by atoms with E-state index in [9.17, 15) is 14.3 Å². The first-order chi connectivity index (χ1) is 10.6. The highest BCUT2D eigenvalue weighted by Gasteiger charge is 2.51. The summed E-state index contributed by atoms with van der Waals surface area (Å²) in [6, 6.07) is 12.8. The summed E-state index contributed by atoms with van der Waals surface area (Å²) < 4.78 is 15.7. The summed E-state index contributed by atoms with van der Waals surface area (Å²) in [5.74, 6) is -1.21. The van der Waals surface area contributed by atoms with Gasteiger partial charge in [0.15, 0.2) is 0 Å². The fourth-order valence-electron chi connectivity index (χ4n) is 2.97. The fraction of sp³-hybridized carbons (Fsp3) is 0.167. The van der Waals surface area contributed by atoms with Crippen LogP contribution < -0.4 is 0 Å². The molecular weight excluding hydrogens is 299 g/mol. The van der Waals surface area contributed by atoms with Gasteiger partial charge in [-0.15, -0.1) is 11.3 Å². The first-order valence-electron chi connectivity index (χ1n) is 7.12. The number of carboxylic acid groups (broad SMARTS) is 1. The van der Waals surface area contributed by atoms with Gasteiger partial charge in [-0.1, -0.05) is 30.3 Å². The standard InChI is InChI=1S/C18H13FO2S/c19-15-9-11(18(7-8-18)17(20)21)5-6-12(15)14-10-22-16-4-2-1-3-13(14)16/h1-6,9-10H,7-8H2,(H,20,21). The van der Waals surface area contributed by atoms with Crippen molar-refractivity contribution in [2.45, 2.75) is 18.3 Å². The Labute approximate surface area is 130 Å². The molecule has 0 radical (unpaired) electrons. The van der Waals surface area contributed by atoms with Crippen molar-refractivity contribution >= 4 is 27.4 Å². The quantitative estimate of drug-likeness (QED) is 0.752. The average molecular weight is 312 g/mol. The second kappa shape index (κ2) is 4.65. The van der Waals surface area contributed by atoms with Crippen LogP contribution >= 0.6 is 11.3 Å². The van der Waals surface area contributed by atoms with Crippen LogP contribution in [-0.2, 0) is 10.2 Å². The highest BCUT2D eigenvalue weighted by Crippen LogP contribution is 2.49. The van der Waals surface area contributed by atoms with Gasteiger partial charge in [0.25, 0.3) is 0 Å². The van der Waals surface area contributed by atoms with Crippen molar-refractivity contribution in [1.29, 1.82) is 0 Å². The molecule has 1 aliphatic rings. The minimum absolute atomic E-state index is 0.353. The molecule has 0 amide bonds. The number of hydrogen-bond acceptors (Lipinski definition) is 2. The normalized spacial score (nSPS) is 15.9. The molecule has 22 heavy (non-hydrogen) atoms. The van der Waals surface area contributed by atoms with Crippen molar-refractivity contribution in [1.82, 2.24) is 0 Å². The van der Waals surface area contributed by atoms with E-state index in [1.54, 1.807) is 23.5 Å². The largest absolute Gasteiger partial charge is 0.481 e. The Kier molecular flexibility index (Phi) is 2.84. The maximum atomic E-state index is 14.6. The Bertz CT molecular complexity index is 893. The van der Waals surface area contributed by atoms with E-state index >= 15 is 0 Å². The highest BCUT2D eigenvalue weighted by molar-refractivity contribution is 7.17. The number of rotatable bonds is 3. The van der Waals surface area contributed by atoms with Gasteiger partial charge in [0.1, 0.15) is 5.82 Å². The molecule has 1 N–H and O–H groups in total. The third kappa shape index (κ3) is 1.87. The second-order valence-electron chi connectivity index (χ2n) is 5.73. The lowest BCUT2D eigenvalue weighted by molar-refractivity contribution is -0.140. The molecule has 0 aliphatic heterocycles. The first-order valence-corrected chi connectivity index (χ1v) is 8.00. The summed E-state index contributed by atoms with van der Waals surface area (Å²) in [7, 11) is 0. The van der Waals surface area contributed by atoms with Crippen LogP contribution in [0.5, 0.6) is 0 Å². The topological polar surface area (TPSA) is 37.3 Å². The summed E-state index contributed by atoms with van der Waals surface area (Å²) in [6.07, 6.45) is 1.17. The molecule has 3 aromatic rings. The molecule has 0 saturated heterocycles. The minimum atomic E-state index is -0.865. The molecule has 0 atom stereocenters. The van der Waals surface area contributed by atoms with E-state index in [1.807, 2.05) is 29.6 Å². The van der Waals surface area contributed by atoms with Crippen LogP contribution in [0.25, 0.3) is 21.2 Å². The fourth-order valence-corrected chi connectivity index (χ4v) is 3.93. The van der Waals surface area contributed by atoms with Gasteiger partial charge in [0.05, 0.1) is 5.41 Å². The van der Waals surface area contributed by atoms with Gasteiger partial charge in [0.2, 0.25) is 0 Å². The van der Waals surface area contributed by atoms with Gasteiger partial charge in [-0.2, -0.15) is 0 Å². The van der Waals surface area contributed by atoms with Crippen molar-refractivity contribution < 1.29 is 14.3 Å². The zero-order chi connectivity index (χ0) is 15.3. The molecule has 1 saturated carbocycles. The molecule has 1 aromatic heterocycles. The molecule has 1 aliphatic carbocycles. The Morgan fingerprint density at radius 3 is 2.59 bits per heavy atom. The average Bonchev–Trinajstić information content (AvgIpc) is 3.23. The predicted molar refractivity (Wildman–Crippen MR) is 85.8 cm³/mol. The Balaban J connectivity index is 1.83. The van der Waals surface area contributed by atoms with Crippen LogP contribution in [0.1, 0.15) is 18.4 Å². The molecule has 0 unspecified atom stereocenters. The lowest BCUT2D eigenvalue weighted by Gasteiger charge is -2.12. The molecule has 4 rings (SSSR count). The molecule has 1 fully saturated rings. The number of aliphatic carboxylic acids is 1. The van der Waals surface area contributed by atoms with Crippen molar-refractivity contribution in [3.63, 3.8) is 0 Å². The van der Waals surface area contributed by atoms with Crippen molar-refractivity contribution in [2.75, 3.05) is 0 Å². The maximum absolute atomic E-state index is 14.6. The lowest BCUT2D eigenvalue weighted by Crippen LogP contribution is -2.19. The van der Waals surface area contributed by atoms with E-state index < -0.39 is 11.4 Å². The second-order valence-corrected chi connectivity index (χ2v) is 6.64. The molecule has 0 bridgehead atoms. The maximum Gasteiger partial charge on any atom is 0.314 e. The van der Waals surface area contributed by atoms with Crippen LogP contribution in [-0.4, -0.2) is 11.1 Å². The van der Waals surface area contributed by atoms with Gasteiger partial charge in [-0.05, 0) is 35.9 Å².